The van der Waals surface area contributed by atoms with Crippen molar-refractivity contribution in [3.63, 3.8) is 0 Å². The molecule has 0 aliphatic carbocycles. The molecule has 0 saturated carbocycles. The Morgan fingerprint density at radius 2 is 2.27 bits per heavy atom. The number of fused-ring (bicyclic) bond motifs is 1. The lowest BCUT2D eigenvalue weighted by Gasteiger charge is -2.19. The molecule has 3 heterocycles. The van der Waals surface area contributed by atoms with Crippen LogP contribution in [0.4, 0.5) is 0 Å². The summed E-state index contributed by atoms with van der Waals surface area (Å²) in [6.07, 6.45) is 0. The summed E-state index contributed by atoms with van der Waals surface area (Å²) in [5, 5.41) is 4.06. The maximum atomic E-state index is 5.47. The van der Waals surface area contributed by atoms with Gasteiger partial charge in [-0.2, -0.15) is 0 Å². The smallest absolute Gasteiger partial charge is 0.231 e. The first-order valence-corrected chi connectivity index (χ1v) is 9.47. The molecule has 3 atom stereocenters. The van der Waals surface area contributed by atoms with Crippen LogP contribution >= 0.6 is 23.5 Å². The highest BCUT2D eigenvalue weighted by Crippen LogP contribution is 2.39. The highest BCUT2D eigenvalue weighted by molar-refractivity contribution is 8.00. The van der Waals surface area contributed by atoms with Crippen LogP contribution in [0.3, 0.4) is 0 Å². The molecule has 2 saturated heterocycles. The van der Waals surface area contributed by atoms with Crippen molar-refractivity contribution in [2.75, 3.05) is 32.0 Å². The fraction of sp³-hybridized carbons (Fsp3) is 0.571. The Labute approximate surface area is 138 Å². The first kappa shape index (κ1) is 14.9. The molecule has 3 aliphatic rings. The summed E-state index contributed by atoms with van der Waals surface area (Å²) in [7, 11) is 2.12. The van der Waals surface area contributed by atoms with Crippen molar-refractivity contribution in [3.05, 3.63) is 23.8 Å². The van der Waals surface area contributed by atoms with Crippen LogP contribution in [0, 0.1) is 0 Å². The number of benzene rings is 1. The van der Waals surface area contributed by atoms with Crippen LogP contribution in [0.5, 0.6) is 11.5 Å². The first-order chi connectivity index (χ1) is 10.8. The van der Waals surface area contributed by atoms with E-state index in [9.17, 15) is 0 Å². The van der Waals surface area contributed by atoms with Gasteiger partial charge in [0.1, 0.15) is 5.50 Å². The zero-order valence-corrected chi connectivity index (χ0v) is 14.0. The first-order valence-electron chi connectivity index (χ1n) is 7.37. The number of nitrogens with zero attached hydrogens (tertiary/aromatic N) is 1. The predicted molar refractivity (Wildman–Crippen MR) is 89.8 cm³/mol. The van der Waals surface area contributed by atoms with E-state index < -0.39 is 0 Å². The molecule has 1 aromatic rings. The van der Waals surface area contributed by atoms with Gasteiger partial charge in [-0.1, -0.05) is 6.07 Å². The Morgan fingerprint density at radius 3 is 3.14 bits per heavy atom. The van der Waals surface area contributed by atoms with E-state index in [0.717, 1.165) is 29.7 Å². The van der Waals surface area contributed by atoms with E-state index in [1.54, 1.807) is 0 Å². The molecule has 22 heavy (non-hydrogen) atoms. The van der Waals surface area contributed by atoms with Crippen LogP contribution in [-0.2, 0) is 0 Å². The summed E-state index contributed by atoms with van der Waals surface area (Å²) in [6.45, 7) is 1.23. The number of hydrogen-bond donors (Lipinski definition) is 3. The van der Waals surface area contributed by atoms with Crippen LogP contribution < -0.4 is 25.6 Å². The van der Waals surface area contributed by atoms with Crippen LogP contribution in [0.2, 0.25) is 0 Å². The van der Waals surface area contributed by atoms with E-state index in [0.29, 0.717) is 23.7 Å². The second kappa shape index (κ2) is 6.46. The summed E-state index contributed by atoms with van der Waals surface area (Å²) in [4.78, 5) is 2.27. The summed E-state index contributed by atoms with van der Waals surface area (Å²) < 4.78 is 10.8. The molecule has 4 rings (SSSR count). The third-order valence-corrected chi connectivity index (χ3v) is 6.68. The maximum Gasteiger partial charge on any atom is 0.231 e. The van der Waals surface area contributed by atoms with Gasteiger partial charge in [0, 0.05) is 17.5 Å². The molecule has 8 heteroatoms. The van der Waals surface area contributed by atoms with E-state index in [1.807, 2.05) is 29.6 Å². The fourth-order valence-corrected chi connectivity index (χ4v) is 5.25. The van der Waals surface area contributed by atoms with Gasteiger partial charge < -0.3 is 9.47 Å². The average molecular weight is 340 g/mol. The van der Waals surface area contributed by atoms with Gasteiger partial charge in [0.15, 0.2) is 11.5 Å². The quantitative estimate of drug-likeness (QED) is 0.754. The molecule has 0 bridgehead atoms. The van der Waals surface area contributed by atoms with Crippen molar-refractivity contribution in [2.45, 2.75) is 16.9 Å². The molecule has 0 amide bonds. The monoisotopic (exact) mass is 340 g/mol. The van der Waals surface area contributed by atoms with Crippen molar-refractivity contribution in [2.24, 2.45) is 0 Å². The summed E-state index contributed by atoms with van der Waals surface area (Å²) in [5.41, 5.74) is 8.06. The number of nitrogens with one attached hydrogen (secondary N) is 3. The minimum atomic E-state index is 0.333. The van der Waals surface area contributed by atoms with Gasteiger partial charge in [-0.15, -0.1) is 23.5 Å². The van der Waals surface area contributed by atoms with Gasteiger partial charge in [0.25, 0.3) is 0 Å². The van der Waals surface area contributed by atoms with Gasteiger partial charge in [-0.25, -0.2) is 10.9 Å². The number of rotatable bonds is 4. The number of thioether (sulfide) groups is 2. The minimum absolute atomic E-state index is 0.333. The second-order valence-electron chi connectivity index (χ2n) is 5.61. The molecule has 3 aliphatic heterocycles. The van der Waals surface area contributed by atoms with Crippen LogP contribution in [0.25, 0.3) is 0 Å². The molecule has 3 N–H and O–H groups in total. The minimum Gasteiger partial charge on any atom is -0.454 e. The zero-order chi connectivity index (χ0) is 14.9. The van der Waals surface area contributed by atoms with Gasteiger partial charge in [-0.05, 0) is 24.7 Å². The second-order valence-corrected chi connectivity index (χ2v) is 7.86. The standard InChI is InChI=1S/C14H20N4O2S2/c1-18-7-15-17-14(18)22-6-10-5-21-13(16-10)9-2-3-11-12(4-9)20-8-19-11/h2-4,10,13-17H,5-8H2,1H3. The molecule has 1 aromatic carbocycles. The van der Waals surface area contributed by atoms with Gasteiger partial charge in [0.2, 0.25) is 6.79 Å². The SMILES string of the molecule is CN1CNNC1SCC1CSC(c2ccc3c(c2)OCO3)N1. The normalized spacial score (nSPS) is 31.0. The van der Waals surface area contributed by atoms with Crippen LogP contribution in [-0.4, -0.2) is 48.5 Å². The Kier molecular flexibility index (Phi) is 4.38. The summed E-state index contributed by atoms with van der Waals surface area (Å²) >= 11 is 3.90. The third-order valence-electron chi connectivity index (χ3n) is 3.96. The average Bonchev–Trinajstić information content (AvgIpc) is 3.25. The molecular weight excluding hydrogens is 320 g/mol. The van der Waals surface area contributed by atoms with Gasteiger partial charge >= 0.3 is 0 Å². The highest BCUT2D eigenvalue weighted by atomic mass is 32.2. The molecule has 0 radical (unpaired) electrons. The molecule has 120 valence electrons. The van der Waals surface area contributed by atoms with Gasteiger partial charge in [0.05, 0.1) is 12.0 Å². The van der Waals surface area contributed by atoms with E-state index >= 15 is 0 Å². The van der Waals surface area contributed by atoms with E-state index in [2.05, 4.69) is 40.2 Å². The lowest BCUT2D eigenvalue weighted by molar-refractivity contribution is 0.174. The molecule has 3 unspecified atom stereocenters. The van der Waals surface area contributed by atoms with Crippen molar-refractivity contribution < 1.29 is 9.47 Å². The van der Waals surface area contributed by atoms with E-state index in [-0.39, 0.29) is 0 Å². The van der Waals surface area contributed by atoms with Crippen molar-refractivity contribution >= 4 is 23.5 Å². The molecule has 0 aromatic heterocycles. The van der Waals surface area contributed by atoms with Crippen molar-refractivity contribution in [1.29, 1.82) is 0 Å². The molecule has 6 nitrogen and oxygen atoms in total. The summed E-state index contributed by atoms with van der Waals surface area (Å²) in [6, 6.07) is 6.76. The summed E-state index contributed by atoms with van der Waals surface area (Å²) in [5.74, 6) is 3.94. The van der Waals surface area contributed by atoms with E-state index in [1.165, 1.54) is 5.56 Å². The highest BCUT2D eigenvalue weighted by Gasteiger charge is 2.29. The van der Waals surface area contributed by atoms with Crippen LogP contribution in [0.15, 0.2) is 18.2 Å². The van der Waals surface area contributed by atoms with E-state index in [4.69, 9.17) is 9.47 Å². The molecule has 2 fully saturated rings. The topological polar surface area (TPSA) is 57.8 Å². The Balaban J connectivity index is 1.32. The lowest BCUT2D eigenvalue weighted by Crippen LogP contribution is -2.35. The van der Waals surface area contributed by atoms with Crippen LogP contribution in [0.1, 0.15) is 10.9 Å². The number of hydrazine groups is 1. The maximum absolute atomic E-state index is 5.47. The molecular formula is C14H20N4O2S2. The third kappa shape index (κ3) is 3.04. The lowest BCUT2D eigenvalue weighted by atomic mass is 10.2. The fourth-order valence-electron chi connectivity index (χ4n) is 2.71. The number of ether oxygens (including phenoxy) is 2. The van der Waals surface area contributed by atoms with Crippen molar-refractivity contribution in [1.82, 2.24) is 21.1 Å². The Hall–Kier alpha value is -0.640. The van der Waals surface area contributed by atoms with Gasteiger partial charge in [-0.3, -0.25) is 10.2 Å². The zero-order valence-electron chi connectivity index (χ0n) is 12.4. The predicted octanol–water partition coefficient (Wildman–Crippen LogP) is 1.13. The number of hydrogen-bond acceptors (Lipinski definition) is 8. The van der Waals surface area contributed by atoms with Crippen molar-refractivity contribution in [3.8, 4) is 11.5 Å². The molecule has 0 spiro atoms. The Bertz CT molecular complexity index is 548. The largest absolute Gasteiger partial charge is 0.454 e. The Morgan fingerprint density at radius 1 is 1.36 bits per heavy atom.